The highest BCUT2D eigenvalue weighted by Crippen LogP contribution is 2.05. The largest absolute Gasteiger partial charge is 0.548 e. The summed E-state index contributed by atoms with van der Waals surface area (Å²) in [7, 11) is 0. The maximum absolute atomic E-state index is 11.9. The Labute approximate surface area is 117 Å². The van der Waals surface area contributed by atoms with E-state index in [1.807, 2.05) is 30.3 Å². The Bertz CT molecular complexity index is 581. The monoisotopic (exact) mass is 268 g/mol. The Hall–Kier alpha value is -2.62. The molecule has 1 amide bonds. The van der Waals surface area contributed by atoms with Gasteiger partial charge in [-0.2, -0.15) is 0 Å². The lowest BCUT2D eigenvalue weighted by atomic mass is 10.1. The number of carbonyl (C=O) groups is 2. The summed E-state index contributed by atoms with van der Waals surface area (Å²) in [6.07, 6.45) is 0.196. The molecule has 0 bridgehead atoms. The standard InChI is InChI=1S/C16H15NO3/c18-15(13-9-5-2-6-10-13)17-14(16(19)20)11-12-7-3-1-4-8-12/h1-10,14H,11H2,(H,17,18)(H,19,20)/p-1/t14-/m0/s1. The van der Waals surface area contributed by atoms with Gasteiger partial charge in [-0.1, -0.05) is 48.5 Å². The third-order valence-electron chi connectivity index (χ3n) is 2.91. The van der Waals surface area contributed by atoms with Gasteiger partial charge in [0.1, 0.15) is 0 Å². The van der Waals surface area contributed by atoms with Gasteiger partial charge in [-0.05, 0) is 24.1 Å². The van der Waals surface area contributed by atoms with E-state index in [2.05, 4.69) is 5.32 Å². The highest BCUT2D eigenvalue weighted by Gasteiger charge is 2.15. The minimum atomic E-state index is -1.29. The molecule has 4 heteroatoms. The molecule has 0 spiro atoms. The van der Waals surface area contributed by atoms with E-state index < -0.39 is 17.9 Å². The van der Waals surface area contributed by atoms with Crippen LogP contribution in [0.3, 0.4) is 0 Å². The number of carbonyl (C=O) groups excluding carboxylic acids is 2. The first-order chi connectivity index (χ1) is 9.66. The molecule has 0 aliphatic heterocycles. The van der Waals surface area contributed by atoms with Crippen LogP contribution in [0.15, 0.2) is 60.7 Å². The van der Waals surface area contributed by atoms with Crippen LogP contribution in [-0.4, -0.2) is 17.9 Å². The maximum atomic E-state index is 11.9. The molecule has 20 heavy (non-hydrogen) atoms. The Balaban J connectivity index is 2.07. The van der Waals surface area contributed by atoms with Crippen molar-refractivity contribution in [1.29, 1.82) is 0 Å². The van der Waals surface area contributed by atoms with E-state index in [0.717, 1.165) is 5.56 Å². The summed E-state index contributed by atoms with van der Waals surface area (Å²) in [5, 5.41) is 13.6. The zero-order valence-corrected chi connectivity index (χ0v) is 10.8. The van der Waals surface area contributed by atoms with Gasteiger partial charge in [-0.25, -0.2) is 0 Å². The summed E-state index contributed by atoms with van der Waals surface area (Å²) in [6, 6.07) is 16.5. The third kappa shape index (κ3) is 3.68. The second-order valence-electron chi connectivity index (χ2n) is 4.40. The summed E-state index contributed by atoms with van der Waals surface area (Å²) in [5.41, 5.74) is 1.25. The SMILES string of the molecule is O=C(N[C@@H](Cc1ccccc1)C(=O)[O-])c1ccccc1. The number of carboxylic acid groups (broad SMARTS) is 1. The molecule has 0 unspecified atom stereocenters. The van der Waals surface area contributed by atoms with Crippen molar-refractivity contribution < 1.29 is 14.7 Å². The van der Waals surface area contributed by atoms with Crippen molar-refractivity contribution in [2.45, 2.75) is 12.5 Å². The number of benzene rings is 2. The number of hydrogen-bond donors (Lipinski definition) is 1. The average Bonchev–Trinajstić information content (AvgIpc) is 2.48. The van der Waals surface area contributed by atoms with E-state index in [1.54, 1.807) is 30.3 Å². The molecule has 0 saturated carbocycles. The van der Waals surface area contributed by atoms with Gasteiger partial charge in [0.2, 0.25) is 0 Å². The number of rotatable bonds is 5. The van der Waals surface area contributed by atoms with Crippen LogP contribution < -0.4 is 10.4 Å². The molecule has 0 heterocycles. The lowest BCUT2D eigenvalue weighted by molar-refractivity contribution is -0.308. The first-order valence-corrected chi connectivity index (χ1v) is 6.27. The fraction of sp³-hybridized carbons (Fsp3) is 0.125. The quantitative estimate of drug-likeness (QED) is 0.871. The van der Waals surface area contributed by atoms with Gasteiger partial charge >= 0.3 is 0 Å². The van der Waals surface area contributed by atoms with Crippen molar-refractivity contribution in [3.8, 4) is 0 Å². The molecule has 1 N–H and O–H groups in total. The normalized spacial score (nSPS) is 11.6. The van der Waals surface area contributed by atoms with Crippen molar-refractivity contribution in [3.05, 3.63) is 71.8 Å². The third-order valence-corrected chi connectivity index (χ3v) is 2.91. The van der Waals surface area contributed by atoms with Gasteiger partial charge < -0.3 is 15.2 Å². The van der Waals surface area contributed by atoms with E-state index in [4.69, 9.17) is 0 Å². The molecule has 2 aromatic carbocycles. The molecular formula is C16H14NO3-. The van der Waals surface area contributed by atoms with Crippen molar-refractivity contribution in [2.75, 3.05) is 0 Å². The number of nitrogens with one attached hydrogen (secondary N) is 1. The van der Waals surface area contributed by atoms with Gasteiger partial charge in [0.25, 0.3) is 5.91 Å². The van der Waals surface area contributed by atoms with E-state index in [1.165, 1.54) is 0 Å². The summed E-state index contributed by atoms with van der Waals surface area (Å²) in [6.45, 7) is 0. The zero-order chi connectivity index (χ0) is 14.4. The second-order valence-corrected chi connectivity index (χ2v) is 4.40. The fourth-order valence-corrected chi connectivity index (χ4v) is 1.87. The highest BCUT2D eigenvalue weighted by atomic mass is 16.4. The number of amides is 1. The van der Waals surface area contributed by atoms with E-state index in [0.29, 0.717) is 5.56 Å². The zero-order valence-electron chi connectivity index (χ0n) is 10.8. The fourth-order valence-electron chi connectivity index (χ4n) is 1.87. The first-order valence-electron chi connectivity index (χ1n) is 6.27. The van der Waals surface area contributed by atoms with E-state index in [9.17, 15) is 14.7 Å². The molecule has 1 atom stereocenters. The summed E-state index contributed by atoms with van der Waals surface area (Å²) in [4.78, 5) is 23.1. The van der Waals surface area contributed by atoms with Crippen molar-refractivity contribution in [3.63, 3.8) is 0 Å². The van der Waals surface area contributed by atoms with Crippen LogP contribution in [0.2, 0.25) is 0 Å². The Morgan fingerprint density at radius 3 is 2.05 bits per heavy atom. The van der Waals surface area contributed by atoms with Crippen molar-refractivity contribution in [2.24, 2.45) is 0 Å². The predicted octanol–water partition coefficient (Wildman–Crippen LogP) is 0.778. The van der Waals surface area contributed by atoms with Gasteiger partial charge in [0.05, 0.1) is 12.0 Å². The highest BCUT2D eigenvalue weighted by molar-refractivity contribution is 5.96. The lowest BCUT2D eigenvalue weighted by Gasteiger charge is -2.19. The van der Waals surface area contributed by atoms with Crippen LogP contribution in [0.25, 0.3) is 0 Å². The number of hydrogen-bond acceptors (Lipinski definition) is 3. The minimum Gasteiger partial charge on any atom is -0.548 e. The molecule has 0 saturated heterocycles. The summed E-state index contributed by atoms with van der Waals surface area (Å²) >= 11 is 0. The molecule has 102 valence electrons. The average molecular weight is 268 g/mol. The number of carboxylic acids is 1. The number of aliphatic carboxylic acids is 1. The van der Waals surface area contributed by atoms with Gasteiger partial charge in [-0.3, -0.25) is 4.79 Å². The molecule has 0 aromatic heterocycles. The lowest BCUT2D eigenvalue weighted by Crippen LogP contribution is -2.49. The van der Waals surface area contributed by atoms with Crippen LogP contribution in [0.4, 0.5) is 0 Å². The van der Waals surface area contributed by atoms with Crippen molar-refractivity contribution in [1.82, 2.24) is 5.32 Å². The molecule has 2 rings (SSSR count). The van der Waals surface area contributed by atoms with Crippen LogP contribution in [-0.2, 0) is 11.2 Å². The Morgan fingerprint density at radius 2 is 1.50 bits per heavy atom. The summed E-state index contributed by atoms with van der Waals surface area (Å²) < 4.78 is 0. The minimum absolute atomic E-state index is 0.196. The van der Waals surface area contributed by atoms with Crippen LogP contribution in [0.1, 0.15) is 15.9 Å². The van der Waals surface area contributed by atoms with Gasteiger partial charge in [0.15, 0.2) is 0 Å². The Kier molecular flexibility index (Phi) is 4.50. The topological polar surface area (TPSA) is 69.2 Å². The first kappa shape index (κ1) is 13.8. The molecule has 2 aromatic rings. The molecule has 0 fully saturated rings. The maximum Gasteiger partial charge on any atom is 0.251 e. The van der Waals surface area contributed by atoms with E-state index in [-0.39, 0.29) is 6.42 Å². The van der Waals surface area contributed by atoms with Crippen LogP contribution in [0.5, 0.6) is 0 Å². The molecule has 0 aliphatic carbocycles. The van der Waals surface area contributed by atoms with E-state index >= 15 is 0 Å². The second kappa shape index (κ2) is 6.52. The van der Waals surface area contributed by atoms with Gasteiger partial charge in [0, 0.05) is 5.56 Å². The summed E-state index contributed by atoms with van der Waals surface area (Å²) in [5.74, 6) is -1.71. The van der Waals surface area contributed by atoms with Crippen LogP contribution >= 0.6 is 0 Å². The smallest absolute Gasteiger partial charge is 0.251 e. The van der Waals surface area contributed by atoms with Gasteiger partial charge in [-0.15, -0.1) is 0 Å². The molecule has 4 nitrogen and oxygen atoms in total. The van der Waals surface area contributed by atoms with Crippen LogP contribution in [0, 0.1) is 0 Å². The molecule has 0 radical (unpaired) electrons. The van der Waals surface area contributed by atoms with Crippen molar-refractivity contribution >= 4 is 11.9 Å². The molecular weight excluding hydrogens is 254 g/mol. The Morgan fingerprint density at radius 1 is 0.950 bits per heavy atom. The molecule has 0 aliphatic rings. The predicted molar refractivity (Wildman–Crippen MR) is 72.8 cm³/mol.